The summed E-state index contributed by atoms with van der Waals surface area (Å²) in [5.74, 6) is -0.599. The van der Waals surface area contributed by atoms with Crippen LogP contribution >= 0.6 is 0 Å². The maximum absolute atomic E-state index is 11.8. The molecule has 5 nitrogen and oxygen atoms in total. The molecule has 0 atom stereocenters. The van der Waals surface area contributed by atoms with Crippen molar-refractivity contribution < 1.29 is 17.8 Å². The zero-order valence-electron chi connectivity index (χ0n) is 17.5. The predicted octanol–water partition coefficient (Wildman–Crippen LogP) is 5.03. The van der Waals surface area contributed by atoms with Crippen LogP contribution in [0.15, 0.2) is 12.2 Å². The summed E-state index contributed by atoms with van der Waals surface area (Å²) in [5.41, 5.74) is 0. The number of amides is 1. The lowest BCUT2D eigenvalue weighted by molar-refractivity contribution is -0.129. The average Bonchev–Trinajstić information content (AvgIpc) is 2.62. The molecule has 0 aliphatic rings. The van der Waals surface area contributed by atoms with Crippen molar-refractivity contribution in [1.82, 2.24) is 4.90 Å². The summed E-state index contributed by atoms with van der Waals surface area (Å²) < 4.78 is 31.7. The van der Waals surface area contributed by atoms with Crippen LogP contribution < -0.4 is 0 Å². The van der Waals surface area contributed by atoms with E-state index in [1.54, 1.807) is 7.05 Å². The van der Waals surface area contributed by atoms with E-state index in [-0.39, 0.29) is 12.5 Å². The summed E-state index contributed by atoms with van der Waals surface area (Å²) in [6, 6.07) is 0. The third-order valence-corrected chi connectivity index (χ3v) is 5.44. The Morgan fingerprint density at radius 3 is 1.85 bits per heavy atom. The van der Waals surface area contributed by atoms with Crippen LogP contribution in [0.3, 0.4) is 0 Å². The molecule has 0 N–H and O–H groups in total. The van der Waals surface area contributed by atoms with Gasteiger partial charge in [0.25, 0.3) is 0 Å². The SMILES string of the molecule is CCCCCCCC/C=C/CCCCCCCC(=O)N(C)CCS(=O)(=O)[O-]. The molecule has 0 aliphatic heterocycles. The van der Waals surface area contributed by atoms with Crippen molar-refractivity contribution >= 4 is 16.0 Å². The lowest BCUT2D eigenvalue weighted by Crippen LogP contribution is -2.31. The Hall–Kier alpha value is -0.880. The minimum Gasteiger partial charge on any atom is -0.748 e. The molecule has 0 saturated carbocycles. The number of hydrogen-bond acceptors (Lipinski definition) is 4. The third kappa shape index (κ3) is 19.7. The molecular weight excluding hydrogens is 362 g/mol. The molecular formula is C21H40NO4S-. The first kappa shape index (κ1) is 26.1. The number of rotatable bonds is 18. The maximum atomic E-state index is 11.8. The van der Waals surface area contributed by atoms with Gasteiger partial charge in [0.2, 0.25) is 5.91 Å². The summed E-state index contributed by atoms with van der Waals surface area (Å²) in [4.78, 5) is 13.2. The first-order valence-electron chi connectivity index (χ1n) is 10.7. The van der Waals surface area contributed by atoms with Gasteiger partial charge >= 0.3 is 0 Å². The van der Waals surface area contributed by atoms with Crippen LogP contribution in [0.2, 0.25) is 0 Å². The Morgan fingerprint density at radius 2 is 1.33 bits per heavy atom. The number of hydrogen-bond donors (Lipinski definition) is 0. The molecule has 0 rings (SSSR count). The van der Waals surface area contributed by atoms with Gasteiger partial charge in [0.05, 0.1) is 15.9 Å². The van der Waals surface area contributed by atoms with Crippen LogP contribution in [-0.2, 0) is 14.9 Å². The van der Waals surface area contributed by atoms with E-state index in [0.717, 1.165) is 25.7 Å². The Kier molecular flexibility index (Phi) is 16.7. The van der Waals surface area contributed by atoms with E-state index in [9.17, 15) is 17.8 Å². The van der Waals surface area contributed by atoms with Crippen LogP contribution in [-0.4, -0.2) is 43.1 Å². The van der Waals surface area contributed by atoms with Gasteiger partial charge in [-0.3, -0.25) is 4.79 Å². The van der Waals surface area contributed by atoms with Crippen molar-refractivity contribution in [3.05, 3.63) is 12.2 Å². The highest BCUT2D eigenvalue weighted by atomic mass is 32.2. The monoisotopic (exact) mass is 402 g/mol. The number of carbonyl (C=O) groups is 1. The number of unbranched alkanes of at least 4 members (excludes halogenated alkanes) is 11. The molecule has 0 saturated heterocycles. The highest BCUT2D eigenvalue weighted by Crippen LogP contribution is 2.10. The second kappa shape index (κ2) is 17.2. The number of allylic oxidation sites excluding steroid dienone is 2. The van der Waals surface area contributed by atoms with Gasteiger partial charge in [-0.05, 0) is 32.1 Å². The second-order valence-corrected chi connectivity index (χ2v) is 8.93. The van der Waals surface area contributed by atoms with E-state index in [1.165, 1.54) is 62.7 Å². The van der Waals surface area contributed by atoms with Gasteiger partial charge in [-0.1, -0.05) is 70.4 Å². The van der Waals surface area contributed by atoms with Crippen molar-refractivity contribution in [2.75, 3.05) is 19.3 Å². The van der Waals surface area contributed by atoms with E-state index < -0.39 is 15.9 Å². The van der Waals surface area contributed by atoms with Crippen molar-refractivity contribution in [3.8, 4) is 0 Å². The summed E-state index contributed by atoms with van der Waals surface area (Å²) in [5, 5.41) is 0. The summed E-state index contributed by atoms with van der Waals surface area (Å²) >= 11 is 0. The van der Waals surface area contributed by atoms with Crippen LogP contribution in [0.5, 0.6) is 0 Å². The van der Waals surface area contributed by atoms with E-state index in [4.69, 9.17) is 0 Å². The third-order valence-electron chi connectivity index (χ3n) is 4.75. The average molecular weight is 403 g/mol. The van der Waals surface area contributed by atoms with Crippen molar-refractivity contribution in [2.24, 2.45) is 0 Å². The number of nitrogens with zero attached hydrogens (tertiary/aromatic N) is 1. The Labute approximate surface area is 167 Å². The fourth-order valence-corrected chi connectivity index (χ4v) is 3.41. The minimum absolute atomic E-state index is 0.0181. The van der Waals surface area contributed by atoms with E-state index in [0.29, 0.717) is 6.42 Å². The molecule has 0 fully saturated rings. The first-order chi connectivity index (χ1) is 12.9. The largest absolute Gasteiger partial charge is 0.748 e. The molecule has 0 radical (unpaired) electrons. The van der Waals surface area contributed by atoms with Crippen LogP contribution in [0.25, 0.3) is 0 Å². The second-order valence-electron chi connectivity index (χ2n) is 7.41. The molecule has 0 aromatic rings. The Morgan fingerprint density at radius 1 is 0.852 bits per heavy atom. The maximum Gasteiger partial charge on any atom is 0.222 e. The van der Waals surface area contributed by atoms with Crippen LogP contribution in [0.4, 0.5) is 0 Å². The fourth-order valence-electron chi connectivity index (χ4n) is 2.91. The van der Waals surface area contributed by atoms with Gasteiger partial charge in [-0.15, -0.1) is 0 Å². The topological polar surface area (TPSA) is 77.5 Å². The summed E-state index contributed by atoms with van der Waals surface area (Å²) in [6.07, 6.45) is 20.8. The van der Waals surface area contributed by atoms with Gasteiger partial charge < -0.3 is 9.45 Å². The minimum atomic E-state index is -4.25. The lowest BCUT2D eigenvalue weighted by Gasteiger charge is -2.18. The standard InChI is InChI=1S/C21H41NO4S/c1-3-4-5-6-7-8-9-10-11-12-13-14-15-16-17-18-21(23)22(2)19-20-27(24,25)26/h10-11H,3-9,12-20H2,1-2H3,(H,24,25,26)/p-1/b11-10+. The molecule has 0 unspecified atom stereocenters. The smallest absolute Gasteiger partial charge is 0.222 e. The van der Waals surface area contributed by atoms with Crippen molar-refractivity contribution in [2.45, 2.75) is 96.8 Å². The highest BCUT2D eigenvalue weighted by molar-refractivity contribution is 7.85. The van der Waals surface area contributed by atoms with Gasteiger partial charge in [0.1, 0.15) is 0 Å². The molecule has 0 aliphatic carbocycles. The van der Waals surface area contributed by atoms with Gasteiger partial charge in [-0.25, -0.2) is 8.42 Å². The molecule has 1 amide bonds. The first-order valence-corrected chi connectivity index (χ1v) is 12.3. The molecule has 0 aromatic carbocycles. The molecule has 160 valence electrons. The summed E-state index contributed by atoms with van der Waals surface area (Å²) in [6.45, 7) is 2.23. The Balaban J connectivity index is 3.41. The molecule has 6 heteroatoms. The van der Waals surface area contributed by atoms with E-state index in [2.05, 4.69) is 19.1 Å². The molecule has 0 bridgehead atoms. The molecule has 0 heterocycles. The van der Waals surface area contributed by atoms with Crippen LogP contribution in [0.1, 0.15) is 96.8 Å². The normalized spacial score (nSPS) is 12.0. The lowest BCUT2D eigenvalue weighted by atomic mass is 10.1. The highest BCUT2D eigenvalue weighted by Gasteiger charge is 2.09. The quantitative estimate of drug-likeness (QED) is 0.183. The van der Waals surface area contributed by atoms with Gasteiger partial charge in [0, 0.05) is 20.0 Å². The zero-order valence-corrected chi connectivity index (χ0v) is 18.3. The van der Waals surface area contributed by atoms with Crippen molar-refractivity contribution in [1.29, 1.82) is 0 Å². The molecule has 0 aromatic heterocycles. The van der Waals surface area contributed by atoms with Crippen molar-refractivity contribution in [3.63, 3.8) is 0 Å². The Bertz CT molecular complexity index is 488. The zero-order chi connectivity index (χ0) is 20.4. The van der Waals surface area contributed by atoms with E-state index in [1.807, 2.05) is 0 Å². The van der Waals surface area contributed by atoms with Gasteiger partial charge in [-0.2, -0.15) is 0 Å². The fraction of sp³-hybridized carbons (Fsp3) is 0.857. The molecule has 27 heavy (non-hydrogen) atoms. The van der Waals surface area contributed by atoms with E-state index >= 15 is 0 Å². The number of carbonyl (C=O) groups excluding carboxylic acids is 1. The molecule has 0 spiro atoms. The van der Waals surface area contributed by atoms with Crippen LogP contribution in [0, 0.1) is 0 Å². The predicted molar refractivity (Wildman–Crippen MR) is 112 cm³/mol. The summed E-state index contributed by atoms with van der Waals surface area (Å²) in [7, 11) is -2.71. The van der Waals surface area contributed by atoms with Gasteiger partial charge in [0.15, 0.2) is 0 Å².